The van der Waals surface area contributed by atoms with Gasteiger partial charge in [0.25, 0.3) is 6.43 Å². The summed E-state index contributed by atoms with van der Waals surface area (Å²) in [5.74, 6) is -1.09. The summed E-state index contributed by atoms with van der Waals surface area (Å²) >= 11 is 2.83. The van der Waals surface area contributed by atoms with Gasteiger partial charge in [-0.1, -0.05) is 0 Å². The molecule has 0 saturated heterocycles. The van der Waals surface area contributed by atoms with Gasteiger partial charge in [-0.25, -0.2) is 18.6 Å². The SMILES string of the molecule is COC(=O)c1c(Br)cnc(C(F)F)c1[N+](=O)[O-]. The number of esters is 1. The Bertz CT molecular complexity index is 481. The molecule has 6 nitrogen and oxygen atoms in total. The third-order valence-electron chi connectivity index (χ3n) is 1.81. The number of carbonyl (C=O) groups is 1. The molecule has 0 radical (unpaired) electrons. The van der Waals surface area contributed by atoms with Crippen LogP contribution in [-0.4, -0.2) is 23.0 Å². The second-order valence-corrected chi connectivity index (χ2v) is 3.62. The van der Waals surface area contributed by atoms with E-state index in [0.717, 1.165) is 13.3 Å². The maximum Gasteiger partial charge on any atom is 0.346 e. The zero-order chi connectivity index (χ0) is 13.2. The Labute approximate surface area is 102 Å². The molecule has 0 N–H and O–H groups in total. The summed E-state index contributed by atoms with van der Waals surface area (Å²) < 4.78 is 29.3. The van der Waals surface area contributed by atoms with Crippen molar-refractivity contribution in [3.05, 3.63) is 32.0 Å². The molecule has 0 aliphatic rings. The molecule has 0 aliphatic heterocycles. The van der Waals surface area contributed by atoms with Gasteiger partial charge in [-0.15, -0.1) is 0 Å². The molecule has 0 atom stereocenters. The quantitative estimate of drug-likeness (QED) is 0.486. The summed E-state index contributed by atoms with van der Waals surface area (Å²) in [5, 5.41) is 10.7. The van der Waals surface area contributed by atoms with Gasteiger partial charge < -0.3 is 4.74 Å². The molecule has 9 heteroatoms. The third kappa shape index (κ3) is 2.54. The minimum Gasteiger partial charge on any atom is -0.465 e. The van der Waals surface area contributed by atoms with Crippen LogP contribution >= 0.6 is 15.9 Å². The standard InChI is InChI=1S/C8H5BrF2N2O4/c1-17-8(14)4-3(9)2-12-5(7(10)11)6(4)13(15)16/h2,7H,1H3. The molecule has 17 heavy (non-hydrogen) atoms. The van der Waals surface area contributed by atoms with Gasteiger partial charge in [-0.05, 0) is 15.9 Å². The van der Waals surface area contributed by atoms with Gasteiger partial charge in [0.1, 0.15) is 0 Å². The molecule has 0 aliphatic carbocycles. The van der Waals surface area contributed by atoms with Crippen LogP contribution in [-0.2, 0) is 4.74 Å². The van der Waals surface area contributed by atoms with E-state index in [1.807, 2.05) is 0 Å². The van der Waals surface area contributed by atoms with Crippen molar-refractivity contribution < 1.29 is 23.2 Å². The lowest BCUT2D eigenvalue weighted by atomic mass is 10.2. The number of hydrogen-bond acceptors (Lipinski definition) is 5. The Hall–Kier alpha value is -1.64. The monoisotopic (exact) mass is 310 g/mol. The van der Waals surface area contributed by atoms with Gasteiger partial charge in [0.2, 0.25) is 0 Å². The fourth-order valence-corrected chi connectivity index (χ4v) is 1.59. The zero-order valence-corrected chi connectivity index (χ0v) is 9.90. The van der Waals surface area contributed by atoms with E-state index in [2.05, 4.69) is 25.7 Å². The summed E-state index contributed by atoms with van der Waals surface area (Å²) in [5.41, 5.74) is -2.71. The van der Waals surface area contributed by atoms with E-state index in [9.17, 15) is 23.7 Å². The van der Waals surface area contributed by atoms with Crippen molar-refractivity contribution >= 4 is 27.6 Å². The highest BCUT2D eigenvalue weighted by Crippen LogP contribution is 2.34. The maximum absolute atomic E-state index is 12.5. The smallest absolute Gasteiger partial charge is 0.346 e. The molecule has 92 valence electrons. The molecule has 1 aromatic rings. The minimum atomic E-state index is -3.16. The molecular formula is C8H5BrF2N2O4. The van der Waals surface area contributed by atoms with E-state index in [1.165, 1.54) is 0 Å². The van der Waals surface area contributed by atoms with Crippen LogP contribution in [0.4, 0.5) is 14.5 Å². The lowest BCUT2D eigenvalue weighted by molar-refractivity contribution is -0.387. The van der Waals surface area contributed by atoms with Gasteiger partial charge in [0, 0.05) is 6.20 Å². The Morgan fingerprint density at radius 1 is 1.65 bits per heavy atom. The van der Waals surface area contributed by atoms with Crippen molar-refractivity contribution in [1.29, 1.82) is 0 Å². The molecule has 0 spiro atoms. The first-order chi connectivity index (χ1) is 7.90. The molecule has 0 amide bonds. The predicted octanol–water partition coefficient (Wildman–Crippen LogP) is 2.48. The normalized spacial score (nSPS) is 10.4. The lowest BCUT2D eigenvalue weighted by Crippen LogP contribution is -2.11. The maximum atomic E-state index is 12.5. The summed E-state index contributed by atoms with van der Waals surface area (Å²) in [6.07, 6.45) is -2.27. The van der Waals surface area contributed by atoms with Gasteiger partial charge >= 0.3 is 11.7 Å². The van der Waals surface area contributed by atoms with Crippen LogP contribution in [0.25, 0.3) is 0 Å². The second-order valence-electron chi connectivity index (χ2n) is 2.76. The molecule has 0 aromatic carbocycles. The van der Waals surface area contributed by atoms with Crippen LogP contribution in [0, 0.1) is 10.1 Å². The van der Waals surface area contributed by atoms with Gasteiger partial charge in [-0.3, -0.25) is 10.1 Å². The Balaban J connectivity index is 3.60. The Morgan fingerprint density at radius 3 is 2.65 bits per heavy atom. The topological polar surface area (TPSA) is 82.3 Å². The highest BCUT2D eigenvalue weighted by molar-refractivity contribution is 9.10. The summed E-state index contributed by atoms with van der Waals surface area (Å²) in [4.78, 5) is 24.2. The fraction of sp³-hybridized carbons (Fsp3) is 0.250. The number of nitrogens with zero attached hydrogens (tertiary/aromatic N) is 2. The molecular weight excluding hydrogens is 306 g/mol. The number of carbonyl (C=O) groups excluding carboxylic acids is 1. The number of methoxy groups -OCH3 is 1. The Kier molecular flexibility index (Phi) is 4.05. The predicted molar refractivity (Wildman–Crippen MR) is 54.9 cm³/mol. The average molecular weight is 311 g/mol. The number of ether oxygens (including phenoxy) is 1. The van der Waals surface area contributed by atoms with E-state index < -0.39 is 34.3 Å². The van der Waals surface area contributed by atoms with E-state index in [4.69, 9.17) is 0 Å². The lowest BCUT2D eigenvalue weighted by Gasteiger charge is -2.06. The second kappa shape index (κ2) is 5.13. The molecule has 0 unspecified atom stereocenters. The van der Waals surface area contributed by atoms with Gasteiger partial charge in [0.05, 0.1) is 16.5 Å². The first-order valence-electron chi connectivity index (χ1n) is 4.09. The number of pyridine rings is 1. The van der Waals surface area contributed by atoms with Crippen molar-refractivity contribution in [2.45, 2.75) is 6.43 Å². The number of hydrogen-bond donors (Lipinski definition) is 0. The highest BCUT2D eigenvalue weighted by atomic mass is 79.9. The van der Waals surface area contributed by atoms with Crippen molar-refractivity contribution in [2.75, 3.05) is 7.11 Å². The number of halogens is 3. The molecule has 1 aromatic heterocycles. The average Bonchev–Trinajstić information content (AvgIpc) is 2.26. The number of nitro groups is 1. The highest BCUT2D eigenvalue weighted by Gasteiger charge is 2.33. The van der Waals surface area contributed by atoms with Crippen molar-refractivity contribution in [3.63, 3.8) is 0 Å². The number of aromatic nitrogens is 1. The van der Waals surface area contributed by atoms with E-state index >= 15 is 0 Å². The van der Waals surface area contributed by atoms with Crippen molar-refractivity contribution in [2.24, 2.45) is 0 Å². The van der Waals surface area contributed by atoms with Crippen LogP contribution in [0.1, 0.15) is 22.5 Å². The van der Waals surface area contributed by atoms with E-state index in [-0.39, 0.29) is 4.47 Å². The molecule has 0 fully saturated rings. The van der Waals surface area contributed by atoms with E-state index in [1.54, 1.807) is 0 Å². The van der Waals surface area contributed by atoms with E-state index in [0.29, 0.717) is 0 Å². The minimum absolute atomic E-state index is 0.0829. The van der Waals surface area contributed by atoms with Crippen LogP contribution in [0.5, 0.6) is 0 Å². The van der Waals surface area contributed by atoms with Gasteiger partial charge in [0.15, 0.2) is 11.3 Å². The summed E-state index contributed by atoms with van der Waals surface area (Å²) in [6.45, 7) is 0. The number of alkyl halides is 2. The Morgan fingerprint density at radius 2 is 2.24 bits per heavy atom. The van der Waals surface area contributed by atoms with Crippen molar-refractivity contribution in [3.8, 4) is 0 Å². The molecule has 0 bridgehead atoms. The first-order valence-corrected chi connectivity index (χ1v) is 4.88. The summed E-state index contributed by atoms with van der Waals surface area (Å²) in [7, 11) is 0.987. The molecule has 1 rings (SSSR count). The zero-order valence-electron chi connectivity index (χ0n) is 8.32. The fourth-order valence-electron chi connectivity index (χ4n) is 1.13. The van der Waals surface area contributed by atoms with Crippen LogP contribution in [0.15, 0.2) is 10.7 Å². The first kappa shape index (κ1) is 13.4. The van der Waals surface area contributed by atoms with Crippen LogP contribution in [0.2, 0.25) is 0 Å². The molecule has 1 heterocycles. The van der Waals surface area contributed by atoms with Crippen LogP contribution < -0.4 is 0 Å². The third-order valence-corrected chi connectivity index (χ3v) is 2.42. The van der Waals surface area contributed by atoms with Crippen molar-refractivity contribution in [1.82, 2.24) is 4.98 Å². The number of rotatable bonds is 3. The summed E-state index contributed by atoms with van der Waals surface area (Å²) in [6, 6.07) is 0. The van der Waals surface area contributed by atoms with Crippen LogP contribution in [0.3, 0.4) is 0 Å². The molecule has 0 saturated carbocycles. The van der Waals surface area contributed by atoms with Gasteiger partial charge in [-0.2, -0.15) is 0 Å². The largest absolute Gasteiger partial charge is 0.465 e.